The molecule has 4 heterocycles. The van der Waals surface area contributed by atoms with Crippen LogP contribution >= 0.6 is 0 Å². The third-order valence-electron chi connectivity index (χ3n) is 6.24. The maximum absolute atomic E-state index is 12.5. The van der Waals surface area contributed by atoms with Gasteiger partial charge < -0.3 is 20.4 Å². The van der Waals surface area contributed by atoms with Gasteiger partial charge in [-0.05, 0) is 37.8 Å². The summed E-state index contributed by atoms with van der Waals surface area (Å²) in [7, 11) is 1.76. The van der Waals surface area contributed by atoms with E-state index in [0.717, 1.165) is 42.2 Å². The third kappa shape index (κ3) is 4.43. The second-order valence-corrected chi connectivity index (χ2v) is 8.40. The maximum atomic E-state index is 12.5. The number of hydrogen-bond donors (Lipinski definition) is 3. The molecule has 1 aliphatic carbocycles. The zero-order valence-electron chi connectivity index (χ0n) is 18.6. The first kappa shape index (κ1) is 22.2. The van der Waals surface area contributed by atoms with Gasteiger partial charge in [0, 0.05) is 48.3 Å². The maximum Gasteiger partial charge on any atom is 0.270 e. The molecule has 0 aromatic carbocycles. The van der Waals surface area contributed by atoms with Gasteiger partial charge in [-0.2, -0.15) is 4.98 Å². The molecule has 4 aromatic heterocycles. The Kier molecular flexibility index (Phi) is 6.10. The molecule has 1 aliphatic rings. The molecule has 0 unspecified atom stereocenters. The lowest BCUT2D eigenvalue weighted by molar-refractivity contribution is 0.0681. The van der Waals surface area contributed by atoms with Gasteiger partial charge in [0.05, 0.1) is 18.8 Å². The number of alkyl halides is 2. The van der Waals surface area contributed by atoms with Gasteiger partial charge in [0.25, 0.3) is 12.3 Å². The highest BCUT2D eigenvalue weighted by Crippen LogP contribution is 2.29. The van der Waals surface area contributed by atoms with Crippen molar-refractivity contribution in [1.82, 2.24) is 29.7 Å². The summed E-state index contributed by atoms with van der Waals surface area (Å²) in [4.78, 5) is 28.9. The molecule has 9 nitrogen and oxygen atoms in total. The Morgan fingerprint density at radius 2 is 2.06 bits per heavy atom. The summed E-state index contributed by atoms with van der Waals surface area (Å²) >= 11 is 0. The van der Waals surface area contributed by atoms with Crippen molar-refractivity contribution in [2.24, 2.45) is 0 Å². The van der Waals surface area contributed by atoms with E-state index in [-0.39, 0.29) is 5.69 Å². The van der Waals surface area contributed by atoms with Crippen LogP contribution in [0.5, 0.6) is 0 Å². The van der Waals surface area contributed by atoms with Gasteiger partial charge in [-0.15, -0.1) is 0 Å². The average Bonchev–Trinajstić information content (AvgIpc) is 3.46. The van der Waals surface area contributed by atoms with Gasteiger partial charge in [0.2, 0.25) is 5.95 Å². The number of ether oxygens (including phenoxy) is 1. The van der Waals surface area contributed by atoms with Crippen molar-refractivity contribution in [3.05, 3.63) is 42.6 Å². The van der Waals surface area contributed by atoms with Gasteiger partial charge >= 0.3 is 0 Å². The lowest BCUT2D eigenvalue weighted by Crippen LogP contribution is -2.29. The monoisotopic (exact) mass is 469 g/mol. The SMILES string of the molecule is COC1CCC(Nc2ncc3c(-c4ccc5ncc(C(=O)NCC(F)F)n5c4)c[nH]c3n2)CC1. The highest BCUT2D eigenvalue weighted by molar-refractivity contribution is 5.95. The first-order valence-electron chi connectivity index (χ1n) is 11.2. The van der Waals surface area contributed by atoms with E-state index in [9.17, 15) is 13.6 Å². The number of nitrogens with zero attached hydrogens (tertiary/aromatic N) is 4. The number of methoxy groups -OCH3 is 1. The van der Waals surface area contributed by atoms with Crippen molar-refractivity contribution >= 4 is 28.5 Å². The number of aromatic nitrogens is 5. The van der Waals surface area contributed by atoms with Crippen molar-refractivity contribution in [3.63, 3.8) is 0 Å². The van der Waals surface area contributed by atoms with Crippen LogP contribution in [0.4, 0.5) is 14.7 Å². The number of H-pyrrole nitrogens is 1. The molecule has 0 aliphatic heterocycles. The van der Waals surface area contributed by atoms with Gasteiger partial charge in [0.1, 0.15) is 17.0 Å². The molecule has 4 aromatic rings. The van der Waals surface area contributed by atoms with Gasteiger partial charge in [0.15, 0.2) is 0 Å². The van der Waals surface area contributed by atoms with Crippen molar-refractivity contribution in [3.8, 4) is 11.1 Å². The minimum Gasteiger partial charge on any atom is -0.381 e. The first-order valence-corrected chi connectivity index (χ1v) is 11.2. The number of amides is 1. The molecule has 0 saturated heterocycles. The van der Waals surface area contributed by atoms with Crippen LogP contribution in [0.3, 0.4) is 0 Å². The number of anilines is 1. The van der Waals surface area contributed by atoms with Crippen LogP contribution in [0.15, 0.2) is 36.9 Å². The Morgan fingerprint density at radius 1 is 1.24 bits per heavy atom. The molecule has 178 valence electrons. The molecule has 1 saturated carbocycles. The lowest BCUT2D eigenvalue weighted by atomic mass is 9.93. The molecule has 1 amide bonds. The number of fused-ring (bicyclic) bond motifs is 2. The zero-order chi connectivity index (χ0) is 23.7. The van der Waals surface area contributed by atoms with Crippen LogP contribution in [0.1, 0.15) is 36.2 Å². The first-order chi connectivity index (χ1) is 16.5. The fourth-order valence-corrected chi connectivity index (χ4v) is 4.41. The number of aromatic amines is 1. The van der Waals surface area contributed by atoms with Gasteiger partial charge in [-0.3, -0.25) is 9.20 Å². The highest BCUT2D eigenvalue weighted by Gasteiger charge is 2.22. The average molecular weight is 469 g/mol. The number of imidazole rings is 1. The third-order valence-corrected chi connectivity index (χ3v) is 6.24. The largest absolute Gasteiger partial charge is 0.381 e. The van der Waals surface area contributed by atoms with Gasteiger partial charge in [-0.25, -0.2) is 18.7 Å². The van der Waals surface area contributed by atoms with Gasteiger partial charge in [-0.1, -0.05) is 0 Å². The minimum absolute atomic E-state index is 0.184. The summed E-state index contributed by atoms with van der Waals surface area (Å²) in [6.45, 7) is -0.713. The van der Waals surface area contributed by atoms with Crippen molar-refractivity contribution in [2.45, 2.75) is 44.3 Å². The number of halogens is 2. The Morgan fingerprint density at radius 3 is 2.82 bits per heavy atom. The Hall–Kier alpha value is -3.60. The molecular formula is C23H25F2N7O2. The van der Waals surface area contributed by atoms with Crippen LogP contribution in [0, 0.1) is 0 Å². The standard InChI is InChI=1S/C23H25F2N7O2/c1-34-15-5-3-14(4-6-15)30-23-29-9-17-16(8-27-21(17)31-23)13-2-7-20-26-10-18(32(20)12-13)22(33)28-11-19(24)25/h2,7-10,12,14-15,19H,3-6,11H2,1H3,(H,28,33)(H2,27,29,30,31). The quantitative estimate of drug-likeness (QED) is 0.381. The van der Waals surface area contributed by atoms with E-state index in [1.165, 1.54) is 6.20 Å². The topological polar surface area (TPSA) is 109 Å². The molecule has 11 heteroatoms. The fraction of sp³-hybridized carbons (Fsp3) is 0.391. The van der Waals surface area contributed by atoms with Crippen LogP contribution in [0.2, 0.25) is 0 Å². The summed E-state index contributed by atoms with van der Waals surface area (Å²) < 4.78 is 32.0. The van der Waals surface area contributed by atoms with E-state index in [2.05, 4.69) is 30.6 Å². The molecule has 5 rings (SSSR count). The molecule has 0 bridgehead atoms. The smallest absolute Gasteiger partial charge is 0.270 e. The summed E-state index contributed by atoms with van der Waals surface area (Å²) in [6.07, 6.45) is 8.48. The van der Waals surface area contributed by atoms with Crippen LogP contribution < -0.4 is 10.6 Å². The molecule has 3 N–H and O–H groups in total. The molecule has 1 fully saturated rings. The predicted octanol–water partition coefficient (Wildman–Crippen LogP) is 3.64. The van der Waals surface area contributed by atoms with E-state index in [4.69, 9.17) is 4.74 Å². The molecule has 0 spiro atoms. The van der Waals surface area contributed by atoms with E-state index in [0.29, 0.717) is 29.4 Å². The number of hydrogen-bond acceptors (Lipinski definition) is 6. The Bertz CT molecular complexity index is 1310. The van der Waals surface area contributed by atoms with Crippen molar-refractivity contribution in [2.75, 3.05) is 19.0 Å². The summed E-state index contributed by atoms with van der Waals surface area (Å²) in [5.74, 6) is -0.0349. The van der Waals surface area contributed by atoms with E-state index in [1.807, 2.05) is 12.3 Å². The second kappa shape index (κ2) is 9.34. The van der Waals surface area contributed by atoms with E-state index >= 15 is 0 Å². The second-order valence-electron chi connectivity index (χ2n) is 8.40. The number of pyridine rings is 1. The van der Waals surface area contributed by atoms with Crippen molar-refractivity contribution in [1.29, 1.82) is 0 Å². The molecule has 0 atom stereocenters. The summed E-state index contributed by atoms with van der Waals surface area (Å²) in [5.41, 5.74) is 3.08. The number of rotatable bonds is 7. The van der Waals surface area contributed by atoms with Crippen LogP contribution in [-0.4, -0.2) is 62.5 Å². The zero-order valence-corrected chi connectivity index (χ0v) is 18.6. The Labute approximate surface area is 194 Å². The summed E-state index contributed by atoms with van der Waals surface area (Å²) in [6, 6.07) is 3.97. The van der Waals surface area contributed by atoms with E-state index in [1.54, 1.807) is 30.0 Å². The summed E-state index contributed by atoms with van der Waals surface area (Å²) in [5, 5.41) is 6.47. The van der Waals surface area contributed by atoms with Crippen LogP contribution in [-0.2, 0) is 4.74 Å². The van der Waals surface area contributed by atoms with Crippen LogP contribution in [0.25, 0.3) is 27.8 Å². The number of carbonyl (C=O) groups is 1. The fourth-order valence-electron chi connectivity index (χ4n) is 4.41. The van der Waals surface area contributed by atoms with Crippen molar-refractivity contribution < 1.29 is 18.3 Å². The molecule has 0 radical (unpaired) electrons. The highest BCUT2D eigenvalue weighted by atomic mass is 19.3. The lowest BCUT2D eigenvalue weighted by Gasteiger charge is -2.28. The normalized spacial score (nSPS) is 18.6. The Balaban J connectivity index is 1.38. The minimum atomic E-state index is -2.62. The molecule has 34 heavy (non-hydrogen) atoms. The number of carbonyl (C=O) groups excluding carboxylic acids is 1. The predicted molar refractivity (Wildman–Crippen MR) is 123 cm³/mol. The molecular weight excluding hydrogens is 444 g/mol. The van der Waals surface area contributed by atoms with E-state index < -0.39 is 18.9 Å². The number of nitrogens with one attached hydrogen (secondary N) is 3.